The van der Waals surface area contributed by atoms with E-state index in [1.54, 1.807) is 0 Å². The minimum atomic E-state index is 0.861. The smallest absolute Gasteiger partial charge is 0.193 e. The van der Waals surface area contributed by atoms with Gasteiger partial charge in [0.15, 0.2) is 23.0 Å². The van der Waals surface area contributed by atoms with Gasteiger partial charge in [0.25, 0.3) is 0 Å². The van der Waals surface area contributed by atoms with Crippen LogP contribution in [0.5, 0.6) is 23.0 Å². The number of benzene rings is 2. The third-order valence-corrected chi connectivity index (χ3v) is 4.99. The highest BCUT2D eigenvalue weighted by atomic mass is 16.6. The Labute approximate surface area is 150 Å². The summed E-state index contributed by atoms with van der Waals surface area (Å²) in [5.41, 5.74) is 4.89. The SMILES string of the molecule is CCCN(C)c1ccc(Cc2ccc(N(C)CCC)c3c2O3)c2c1O2. The largest absolute Gasteiger partial charge is 0.447 e. The Hall–Kier alpha value is -2.36. The van der Waals surface area contributed by atoms with Crippen LogP contribution in [0.2, 0.25) is 0 Å². The molecule has 0 amide bonds. The average molecular weight is 338 g/mol. The average Bonchev–Trinajstić information content (AvgIpc) is 3.48. The minimum Gasteiger partial charge on any atom is -0.447 e. The lowest BCUT2D eigenvalue weighted by Crippen LogP contribution is -2.17. The highest BCUT2D eigenvalue weighted by Crippen LogP contribution is 2.58. The zero-order chi connectivity index (χ0) is 17.6. The van der Waals surface area contributed by atoms with E-state index in [0.717, 1.165) is 55.4 Å². The molecule has 2 heterocycles. The maximum Gasteiger partial charge on any atom is 0.193 e. The summed E-state index contributed by atoms with van der Waals surface area (Å²) in [5.74, 6) is 4.22. The third-order valence-electron chi connectivity index (χ3n) is 4.99. The second-order valence-electron chi connectivity index (χ2n) is 7.03. The fraction of sp³-hybridized carbons (Fsp3) is 0.429. The van der Waals surface area contributed by atoms with Gasteiger partial charge in [-0.2, -0.15) is 0 Å². The van der Waals surface area contributed by atoms with E-state index < -0.39 is 0 Å². The Morgan fingerprint density at radius 2 is 1.12 bits per heavy atom. The van der Waals surface area contributed by atoms with Crippen LogP contribution in [0, 0.1) is 0 Å². The molecule has 132 valence electrons. The van der Waals surface area contributed by atoms with Crippen LogP contribution in [-0.2, 0) is 6.42 Å². The molecule has 0 aliphatic carbocycles. The Morgan fingerprint density at radius 3 is 1.52 bits per heavy atom. The van der Waals surface area contributed by atoms with Gasteiger partial charge in [-0.1, -0.05) is 26.0 Å². The minimum absolute atomic E-state index is 0.861. The molecule has 2 aliphatic rings. The van der Waals surface area contributed by atoms with Crippen molar-refractivity contribution in [2.75, 3.05) is 37.0 Å². The maximum atomic E-state index is 5.80. The zero-order valence-corrected chi connectivity index (χ0v) is 15.6. The predicted molar refractivity (Wildman–Crippen MR) is 103 cm³/mol. The predicted octanol–water partition coefficient (Wildman–Crippen LogP) is 5.18. The second kappa shape index (κ2) is 6.17. The van der Waals surface area contributed by atoms with Gasteiger partial charge in [0.05, 0.1) is 11.4 Å². The molecular formula is C21H26N2O2. The van der Waals surface area contributed by atoms with Crippen molar-refractivity contribution in [3.05, 3.63) is 35.4 Å². The van der Waals surface area contributed by atoms with Gasteiger partial charge in [-0.25, -0.2) is 0 Å². The number of anilines is 2. The summed E-state index contributed by atoms with van der Waals surface area (Å²) in [6.07, 6.45) is 3.13. The molecule has 0 fully saturated rings. The van der Waals surface area contributed by atoms with E-state index in [1.165, 1.54) is 22.5 Å². The van der Waals surface area contributed by atoms with Crippen molar-refractivity contribution in [1.29, 1.82) is 0 Å². The molecule has 0 unspecified atom stereocenters. The third kappa shape index (κ3) is 2.90. The van der Waals surface area contributed by atoms with Gasteiger partial charge in [-0.05, 0) is 25.0 Å². The Balaban J connectivity index is 1.52. The Bertz CT molecular complexity index is 749. The van der Waals surface area contributed by atoms with E-state index in [0.29, 0.717) is 0 Å². The van der Waals surface area contributed by atoms with Crippen molar-refractivity contribution < 1.29 is 9.47 Å². The van der Waals surface area contributed by atoms with Gasteiger partial charge in [-0.3, -0.25) is 0 Å². The van der Waals surface area contributed by atoms with E-state index in [9.17, 15) is 0 Å². The van der Waals surface area contributed by atoms with E-state index >= 15 is 0 Å². The summed E-state index contributed by atoms with van der Waals surface area (Å²) < 4.78 is 11.6. The molecule has 2 aromatic carbocycles. The molecule has 0 aromatic heterocycles. The van der Waals surface area contributed by atoms with Crippen LogP contribution in [0.1, 0.15) is 37.8 Å². The second-order valence-corrected chi connectivity index (χ2v) is 7.03. The monoisotopic (exact) mass is 338 g/mol. The zero-order valence-electron chi connectivity index (χ0n) is 15.6. The molecule has 25 heavy (non-hydrogen) atoms. The standard InChI is InChI=1S/C21H26N2O2/c1-5-11-22(3)16-9-7-14(18-20(16)24-18)13-15-8-10-17(21-19(15)25-21)23(4)12-6-2/h7-10H,5-6,11-13H2,1-4H3. The van der Waals surface area contributed by atoms with E-state index in [-0.39, 0.29) is 0 Å². The topological polar surface area (TPSA) is 31.5 Å². The first-order valence-corrected chi connectivity index (χ1v) is 9.23. The molecule has 4 rings (SSSR count). The summed E-state index contributed by atoms with van der Waals surface area (Å²) in [7, 11) is 4.25. The summed E-state index contributed by atoms with van der Waals surface area (Å²) in [6, 6.07) is 8.75. The van der Waals surface area contributed by atoms with Crippen molar-refractivity contribution in [2.45, 2.75) is 33.1 Å². The fourth-order valence-corrected chi connectivity index (χ4v) is 3.57. The lowest BCUT2D eigenvalue weighted by molar-refractivity contribution is 0.638. The summed E-state index contributed by atoms with van der Waals surface area (Å²) in [5, 5.41) is 0. The summed E-state index contributed by atoms with van der Waals surface area (Å²) in [4.78, 5) is 4.53. The van der Waals surface area contributed by atoms with Crippen molar-refractivity contribution in [1.82, 2.24) is 0 Å². The lowest BCUT2D eigenvalue weighted by atomic mass is 10.0. The highest BCUT2D eigenvalue weighted by molar-refractivity contribution is 5.78. The molecule has 0 spiro atoms. The molecule has 0 saturated heterocycles. The number of hydrogen-bond acceptors (Lipinski definition) is 4. The summed E-state index contributed by atoms with van der Waals surface area (Å²) >= 11 is 0. The first-order valence-electron chi connectivity index (χ1n) is 9.23. The highest BCUT2D eigenvalue weighted by Gasteiger charge is 2.34. The Morgan fingerprint density at radius 1 is 0.680 bits per heavy atom. The van der Waals surface area contributed by atoms with Crippen molar-refractivity contribution in [3.63, 3.8) is 0 Å². The number of hydrogen-bond donors (Lipinski definition) is 0. The van der Waals surface area contributed by atoms with E-state index in [1.807, 2.05) is 0 Å². The molecular weight excluding hydrogens is 312 g/mol. The van der Waals surface area contributed by atoms with Crippen LogP contribution >= 0.6 is 0 Å². The van der Waals surface area contributed by atoms with Crippen molar-refractivity contribution in [3.8, 4) is 23.0 Å². The van der Waals surface area contributed by atoms with Gasteiger partial charge in [0.1, 0.15) is 0 Å². The lowest BCUT2D eigenvalue weighted by Gasteiger charge is -2.17. The molecule has 0 bridgehead atoms. The quantitative estimate of drug-likeness (QED) is 0.414. The molecule has 0 radical (unpaired) electrons. The van der Waals surface area contributed by atoms with Gasteiger partial charge in [0, 0.05) is 44.7 Å². The molecule has 0 saturated carbocycles. The summed E-state index contributed by atoms with van der Waals surface area (Å²) in [6.45, 7) is 6.48. The van der Waals surface area contributed by atoms with Crippen LogP contribution in [0.15, 0.2) is 24.3 Å². The maximum absolute atomic E-state index is 5.80. The fourth-order valence-electron chi connectivity index (χ4n) is 3.57. The number of rotatable bonds is 8. The number of nitrogens with zero attached hydrogens (tertiary/aromatic N) is 2. The van der Waals surface area contributed by atoms with Gasteiger partial charge < -0.3 is 19.3 Å². The van der Waals surface area contributed by atoms with Crippen LogP contribution in [0.25, 0.3) is 0 Å². The van der Waals surface area contributed by atoms with Gasteiger partial charge in [0.2, 0.25) is 0 Å². The molecule has 2 aliphatic heterocycles. The van der Waals surface area contributed by atoms with Crippen LogP contribution in [-0.4, -0.2) is 27.2 Å². The van der Waals surface area contributed by atoms with E-state index in [4.69, 9.17) is 9.47 Å². The van der Waals surface area contributed by atoms with Crippen LogP contribution in [0.4, 0.5) is 11.4 Å². The molecule has 2 aromatic rings. The molecule has 0 N–H and O–H groups in total. The number of ether oxygens (including phenoxy) is 2. The van der Waals surface area contributed by atoms with Crippen molar-refractivity contribution in [2.24, 2.45) is 0 Å². The molecule has 4 nitrogen and oxygen atoms in total. The van der Waals surface area contributed by atoms with E-state index in [2.05, 4.69) is 62.0 Å². The van der Waals surface area contributed by atoms with Crippen molar-refractivity contribution >= 4 is 11.4 Å². The number of fused-ring (bicyclic) bond motifs is 2. The molecule has 4 heteroatoms. The Kier molecular flexibility index (Phi) is 3.98. The van der Waals surface area contributed by atoms with Gasteiger partial charge in [-0.15, -0.1) is 0 Å². The molecule has 0 atom stereocenters. The van der Waals surface area contributed by atoms with Gasteiger partial charge >= 0.3 is 0 Å². The van der Waals surface area contributed by atoms with Crippen LogP contribution < -0.4 is 19.3 Å². The normalized spacial score (nSPS) is 12.6. The van der Waals surface area contributed by atoms with Crippen LogP contribution in [0.3, 0.4) is 0 Å². The first kappa shape index (κ1) is 16.1. The first-order chi connectivity index (χ1) is 12.1.